The van der Waals surface area contributed by atoms with Crippen molar-refractivity contribution in [1.82, 2.24) is 19.6 Å². The molecule has 0 aromatic carbocycles. The summed E-state index contributed by atoms with van der Waals surface area (Å²) in [6.07, 6.45) is 1.68. The van der Waals surface area contributed by atoms with E-state index in [2.05, 4.69) is 10.2 Å². The van der Waals surface area contributed by atoms with Gasteiger partial charge in [0.15, 0.2) is 6.04 Å². The maximum absolute atomic E-state index is 12.9. The first kappa shape index (κ1) is 17.2. The Morgan fingerprint density at radius 3 is 2.35 bits per heavy atom. The van der Waals surface area contributed by atoms with Crippen LogP contribution in [0, 0.1) is 0 Å². The lowest BCUT2D eigenvalue weighted by molar-refractivity contribution is -0.144. The van der Waals surface area contributed by atoms with Gasteiger partial charge in [-0.3, -0.25) is 9.48 Å². The molecular weight excluding hydrogens is 296 g/mol. The van der Waals surface area contributed by atoms with E-state index in [1.807, 2.05) is 34.6 Å². The van der Waals surface area contributed by atoms with Crippen molar-refractivity contribution in [2.24, 2.45) is 0 Å². The van der Waals surface area contributed by atoms with Gasteiger partial charge in [-0.05, 0) is 33.6 Å². The van der Waals surface area contributed by atoms with E-state index in [0.29, 0.717) is 5.52 Å². The van der Waals surface area contributed by atoms with Crippen molar-refractivity contribution in [3.63, 3.8) is 0 Å². The third kappa shape index (κ3) is 2.87. The SMILES string of the molecule is COC(=O)C(C)n1nc(C(C)C)c2cnn(C(C)(C)C)c2c1=O. The Bertz CT molecular complexity index is 796. The lowest BCUT2D eigenvalue weighted by atomic mass is 10.1. The molecule has 0 aliphatic rings. The summed E-state index contributed by atoms with van der Waals surface area (Å²) in [4.78, 5) is 24.8. The summed E-state index contributed by atoms with van der Waals surface area (Å²) in [5.74, 6) is -0.415. The van der Waals surface area contributed by atoms with Gasteiger partial charge in [0.05, 0.1) is 24.5 Å². The number of methoxy groups -OCH3 is 1. The average molecular weight is 320 g/mol. The third-order valence-corrected chi connectivity index (χ3v) is 3.76. The van der Waals surface area contributed by atoms with Crippen LogP contribution in [-0.2, 0) is 15.1 Å². The molecule has 0 fully saturated rings. The van der Waals surface area contributed by atoms with E-state index in [0.717, 1.165) is 11.1 Å². The van der Waals surface area contributed by atoms with Gasteiger partial charge in [-0.1, -0.05) is 13.8 Å². The van der Waals surface area contributed by atoms with Crippen LogP contribution in [0.15, 0.2) is 11.0 Å². The van der Waals surface area contributed by atoms with E-state index in [9.17, 15) is 9.59 Å². The standard InChI is InChI=1S/C16H24N4O3/c1-9(2)12-11-8-17-20(16(4,5)6)13(11)14(21)19(18-12)10(3)15(22)23-7/h8-10H,1-7H3. The predicted molar refractivity (Wildman–Crippen MR) is 87.6 cm³/mol. The van der Waals surface area contributed by atoms with Gasteiger partial charge in [0.1, 0.15) is 5.52 Å². The summed E-state index contributed by atoms with van der Waals surface area (Å²) in [6.45, 7) is 11.5. The number of ether oxygens (including phenoxy) is 1. The highest BCUT2D eigenvalue weighted by Gasteiger charge is 2.27. The zero-order chi connectivity index (χ0) is 17.5. The highest BCUT2D eigenvalue weighted by atomic mass is 16.5. The summed E-state index contributed by atoms with van der Waals surface area (Å²) in [5, 5.41) is 9.53. The molecule has 23 heavy (non-hydrogen) atoms. The van der Waals surface area contributed by atoms with Crippen LogP contribution < -0.4 is 5.56 Å². The molecule has 2 aromatic heterocycles. The largest absolute Gasteiger partial charge is 0.467 e. The van der Waals surface area contributed by atoms with Gasteiger partial charge in [0, 0.05) is 5.39 Å². The minimum atomic E-state index is -0.794. The first-order chi connectivity index (χ1) is 10.6. The maximum Gasteiger partial charge on any atom is 0.330 e. The number of nitrogens with zero attached hydrogens (tertiary/aromatic N) is 4. The molecule has 7 heteroatoms. The highest BCUT2D eigenvalue weighted by molar-refractivity contribution is 5.81. The molecule has 0 aliphatic heterocycles. The molecule has 1 unspecified atom stereocenters. The van der Waals surface area contributed by atoms with Crippen LogP contribution in [0.2, 0.25) is 0 Å². The number of fused-ring (bicyclic) bond motifs is 1. The minimum absolute atomic E-state index is 0.0896. The first-order valence-electron chi connectivity index (χ1n) is 7.68. The van der Waals surface area contributed by atoms with Gasteiger partial charge in [0.2, 0.25) is 0 Å². The van der Waals surface area contributed by atoms with Crippen LogP contribution >= 0.6 is 0 Å². The van der Waals surface area contributed by atoms with Crippen LogP contribution in [0.25, 0.3) is 10.9 Å². The van der Waals surface area contributed by atoms with Crippen molar-refractivity contribution in [2.75, 3.05) is 7.11 Å². The number of rotatable bonds is 3. The fraction of sp³-hybridized carbons (Fsp3) is 0.625. The smallest absolute Gasteiger partial charge is 0.330 e. The molecule has 0 aliphatic carbocycles. The van der Waals surface area contributed by atoms with E-state index in [1.165, 1.54) is 11.8 Å². The molecule has 2 heterocycles. The highest BCUT2D eigenvalue weighted by Crippen LogP contribution is 2.25. The fourth-order valence-electron chi connectivity index (χ4n) is 2.53. The zero-order valence-corrected chi connectivity index (χ0v) is 14.7. The number of carbonyl (C=O) groups excluding carboxylic acids is 1. The van der Waals surface area contributed by atoms with E-state index < -0.39 is 12.0 Å². The number of hydrogen-bond acceptors (Lipinski definition) is 5. The molecular formula is C16H24N4O3. The lowest BCUT2D eigenvalue weighted by Gasteiger charge is -2.21. The van der Waals surface area contributed by atoms with Gasteiger partial charge >= 0.3 is 5.97 Å². The molecule has 0 spiro atoms. The first-order valence-corrected chi connectivity index (χ1v) is 7.68. The second kappa shape index (κ2) is 5.79. The predicted octanol–water partition coefficient (Wildman–Crippen LogP) is 2.21. The average Bonchev–Trinajstić information content (AvgIpc) is 2.91. The Kier molecular flexibility index (Phi) is 4.32. The number of carbonyl (C=O) groups is 1. The summed E-state index contributed by atoms with van der Waals surface area (Å²) in [7, 11) is 1.30. The minimum Gasteiger partial charge on any atom is -0.467 e. The van der Waals surface area contributed by atoms with E-state index in [-0.39, 0.29) is 17.0 Å². The van der Waals surface area contributed by atoms with Crippen LogP contribution in [0.3, 0.4) is 0 Å². The molecule has 1 atom stereocenters. The second-order valence-electron chi connectivity index (χ2n) is 6.98. The van der Waals surface area contributed by atoms with Crippen LogP contribution in [-0.4, -0.2) is 32.6 Å². The fourth-order valence-corrected chi connectivity index (χ4v) is 2.53. The van der Waals surface area contributed by atoms with E-state index in [1.54, 1.807) is 17.8 Å². The quantitative estimate of drug-likeness (QED) is 0.810. The third-order valence-electron chi connectivity index (χ3n) is 3.76. The molecule has 0 saturated carbocycles. The Morgan fingerprint density at radius 2 is 1.87 bits per heavy atom. The molecule has 0 bridgehead atoms. The Hall–Kier alpha value is -2.18. The Labute approximate surface area is 135 Å². The summed E-state index contributed by atoms with van der Waals surface area (Å²) < 4.78 is 7.65. The molecule has 126 valence electrons. The van der Waals surface area contributed by atoms with Crippen molar-refractivity contribution in [3.05, 3.63) is 22.2 Å². The number of esters is 1. The zero-order valence-electron chi connectivity index (χ0n) is 14.7. The molecule has 0 N–H and O–H groups in total. The monoisotopic (exact) mass is 320 g/mol. The van der Waals surface area contributed by atoms with Gasteiger partial charge < -0.3 is 4.74 Å². The van der Waals surface area contributed by atoms with Gasteiger partial charge in [-0.25, -0.2) is 9.48 Å². The molecule has 7 nitrogen and oxygen atoms in total. The van der Waals surface area contributed by atoms with E-state index in [4.69, 9.17) is 4.74 Å². The normalized spacial score (nSPS) is 13.6. The second-order valence-corrected chi connectivity index (χ2v) is 6.98. The van der Waals surface area contributed by atoms with Gasteiger partial charge in [0.25, 0.3) is 5.56 Å². The van der Waals surface area contributed by atoms with Gasteiger partial charge in [-0.15, -0.1) is 0 Å². The van der Waals surface area contributed by atoms with Crippen LogP contribution in [0.1, 0.15) is 59.2 Å². The lowest BCUT2D eigenvalue weighted by Crippen LogP contribution is -2.35. The molecule has 0 saturated heterocycles. The molecule has 2 rings (SSSR count). The number of aromatic nitrogens is 4. The van der Waals surface area contributed by atoms with Crippen molar-refractivity contribution >= 4 is 16.9 Å². The number of hydrogen-bond donors (Lipinski definition) is 0. The van der Waals surface area contributed by atoms with Crippen molar-refractivity contribution < 1.29 is 9.53 Å². The molecule has 0 amide bonds. The Morgan fingerprint density at radius 1 is 1.26 bits per heavy atom. The maximum atomic E-state index is 12.9. The summed E-state index contributed by atoms with van der Waals surface area (Å²) in [5.41, 5.74) is 0.510. The summed E-state index contributed by atoms with van der Waals surface area (Å²) >= 11 is 0. The van der Waals surface area contributed by atoms with Crippen molar-refractivity contribution in [2.45, 2.75) is 59.0 Å². The van der Waals surface area contributed by atoms with Gasteiger partial charge in [-0.2, -0.15) is 10.2 Å². The van der Waals surface area contributed by atoms with E-state index >= 15 is 0 Å². The molecule has 0 radical (unpaired) electrons. The van der Waals surface area contributed by atoms with Crippen molar-refractivity contribution in [1.29, 1.82) is 0 Å². The van der Waals surface area contributed by atoms with Crippen LogP contribution in [0.5, 0.6) is 0 Å². The topological polar surface area (TPSA) is 79.0 Å². The molecule has 2 aromatic rings. The van der Waals surface area contributed by atoms with Crippen molar-refractivity contribution in [3.8, 4) is 0 Å². The summed E-state index contributed by atoms with van der Waals surface area (Å²) in [6, 6.07) is -0.794. The van der Waals surface area contributed by atoms with Crippen LogP contribution in [0.4, 0.5) is 0 Å². The Balaban J connectivity index is 2.88.